The fourth-order valence-electron chi connectivity index (χ4n) is 2.65. The SMILES string of the molecule is NCC1CCCC1C(=O)Nc1cccc(CO)c1. The van der Waals surface area contributed by atoms with Crippen molar-refractivity contribution in [3.05, 3.63) is 29.8 Å². The monoisotopic (exact) mass is 248 g/mol. The van der Waals surface area contributed by atoms with Crippen LogP contribution in [-0.2, 0) is 11.4 Å². The summed E-state index contributed by atoms with van der Waals surface area (Å²) in [6, 6.07) is 7.29. The van der Waals surface area contributed by atoms with Gasteiger partial charge in [-0.3, -0.25) is 4.79 Å². The highest BCUT2D eigenvalue weighted by atomic mass is 16.3. The zero-order valence-electron chi connectivity index (χ0n) is 10.4. The van der Waals surface area contributed by atoms with E-state index < -0.39 is 0 Å². The van der Waals surface area contributed by atoms with E-state index in [-0.39, 0.29) is 18.4 Å². The maximum atomic E-state index is 12.2. The van der Waals surface area contributed by atoms with Crippen LogP contribution in [0.2, 0.25) is 0 Å². The lowest BCUT2D eigenvalue weighted by Gasteiger charge is -2.17. The van der Waals surface area contributed by atoms with Crippen LogP contribution in [-0.4, -0.2) is 17.6 Å². The third-order valence-corrected chi connectivity index (χ3v) is 3.68. The van der Waals surface area contributed by atoms with Crippen molar-refractivity contribution in [1.29, 1.82) is 0 Å². The Morgan fingerprint density at radius 3 is 3.00 bits per heavy atom. The molecule has 2 unspecified atom stereocenters. The second-order valence-corrected chi connectivity index (χ2v) is 4.88. The highest BCUT2D eigenvalue weighted by Gasteiger charge is 2.31. The van der Waals surface area contributed by atoms with Gasteiger partial charge in [-0.15, -0.1) is 0 Å². The predicted octanol–water partition coefficient (Wildman–Crippen LogP) is 1.49. The highest BCUT2D eigenvalue weighted by molar-refractivity contribution is 5.93. The molecule has 0 bridgehead atoms. The van der Waals surface area contributed by atoms with E-state index in [1.165, 1.54) is 0 Å². The quantitative estimate of drug-likeness (QED) is 0.755. The molecular formula is C14H20N2O2. The molecule has 2 rings (SSSR count). The average molecular weight is 248 g/mol. The smallest absolute Gasteiger partial charge is 0.227 e. The molecule has 1 aliphatic rings. The number of carbonyl (C=O) groups excluding carboxylic acids is 1. The molecule has 0 aromatic heterocycles. The number of nitrogens with one attached hydrogen (secondary N) is 1. The van der Waals surface area contributed by atoms with Crippen molar-refractivity contribution in [2.75, 3.05) is 11.9 Å². The first kappa shape index (κ1) is 13.1. The highest BCUT2D eigenvalue weighted by Crippen LogP contribution is 2.31. The first-order valence-corrected chi connectivity index (χ1v) is 6.45. The summed E-state index contributed by atoms with van der Waals surface area (Å²) >= 11 is 0. The number of rotatable bonds is 4. The van der Waals surface area contributed by atoms with Crippen LogP contribution < -0.4 is 11.1 Å². The van der Waals surface area contributed by atoms with Gasteiger partial charge in [-0.2, -0.15) is 0 Å². The summed E-state index contributed by atoms with van der Waals surface area (Å²) in [5, 5.41) is 12.0. The molecule has 1 aromatic rings. The summed E-state index contributed by atoms with van der Waals surface area (Å²) in [7, 11) is 0. The van der Waals surface area contributed by atoms with Crippen molar-refractivity contribution in [3.8, 4) is 0 Å². The Balaban J connectivity index is 2.02. The first-order chi connectivity index (χ1) is 8.74. The Bertz CT molecular complexity index is 420. The number of aliphatic hydroxyl groups excluding tert-OH is 1. The van der Waals surface area contributed by atoms with Crippen molar-refractivity contribution in [2.45, 2.75) is 25.9 Å². The van der Waals surface area contributed by atoms with Crippen LogP contribution >= 0.6 is 0 Å². The van der Waals surface area contributed by atoms with Crippen molar-refractivity contribution >= 4 is 11.6 Å². The standard InChI is InChI=1S/C14H20N2O2/c15-8-11-4-2-6-13(11)14(18)16-12-5-1-3-10(7-12)9-17/h1,3,5,7,11,13,17H,2,4,6,8-9,15H2,(H,16,18). The maximum absolute atomic E-state index is 12.2. The Labute approximate surface area is 107 Å². The molecule has 1 aliphatic carbocycles. The minimum atomic E-state index is -0.0153. The van der Waals surface area contributed by atoms with E-state index >= 15 is 0 Å². The van der Waals surface area contributed by atoms with E-state index in [0.717, 1.165) is 30.5 Å². The number of benzene rings is 1. The Kier molecular flexibility index (Phi) is 4.33. The fraction of sp³-hybridized carbons (Fsp3) is 0.500. The number of hydrogen-bond donors (Lipinski definition) is 3. The average Bonchev–Trinajstić information content (AvgIpc) is 2.87. The Morgan fingerprint density at radius 1 is 1.44 bits per heavy atom. The lowest BCUT2D eigenvalue weighted by atomic mass is 9.95. The predicted molar refractivity (Wildman–Crippen MR) is 70.9 cm³/mol. The fourth-order valence-corrected chi connectivity index (χ4v) is 2.65. The number of anilines is 1. The molecule has 1 aromatic carbocycles. The summed E-state index contributed by atoms with van der Waals surface area (Å²) < 4.78 is 0. The van der Waals surface area contributed by atoms with Gasteiger partial charge in [0.15, 0.2) is 0 Å². The van der Waals surface area contributed by atoms with Crippen molar-refractivity contribution in [2.24, 2.45) is 17.6 Å². The van der Waals surface area contributed by atoms with Gasteiger partial charge in [0.25, 0.3) is 0 Å². The lowest BCUT2D eigenvalue weighted by Crippen LogP contribution is -2.29. The van der Waals surface area contributed by atoms with Crippen LogP contribution in [0.1, 0.15) is 24.8 Å². The molecule has 0 heterocycles. The lowest BCUT2D eigenvalue weighted by molar-refractivity contribution is -0.120. The molecule has 1 saturated carbocycles. The van der Waals surface area contributed by atoms with Crippen LogP contribution in [0.4, 0.5) is 5.69 Å². The van der Waals surface area contributed by atoms with Crippen molar-refractivity contribution in [1.82, 2.24) is 0 Å². The van der Waals surface area contributed by atoms with Crippen LogP contribution in [0.3, 0.4) is 0 Å². The van der Waals surface area contributed by atoms with Crippen LogP contribution in [0.5, 0.6) is 0 Å². The zero-order valence-corrected chi connectivity index (χ0v) is 10.4. The van der Waals surface area contributed by atoms with Gasteiger partial charge < -0.3 is 16.2 Å². The molecular weight excluding hydrogens is 228 g/mol. The molecule has 2 atom stereocenters. The zero-order chi connectivity index (χ0) is 13.0. The minimum absolute atomic E-state index is 0.0153. The van der Waals surface area contributed by atoms with Gasteiger partial charge in [0.05, 0.1) is 6.61 Å². The number of nitrogens with two attached hydrogens (primary N) is 1. The van der Waals surface area contributed by atoms with E-state index in [0.29, 0.717) is 12.5 Å². The van der Waals surface area contributed by atoms with E-state index in [2.05, 4.69) is 5.32 Å². The Hall–Kier alpha value is -1.39. The van der Waals surface area contributed by atoms with E-state index in [1.54, 1.807) is 6.07 Å². The molecule has 0 radical (unpaired) electrons. The third-order valence-electron chi connectivity index (χ3n) is 3.68. The van der Waals surface area contributed by atoms with Crippen LogP contribution in [0.25, 0.3) is 0 Å². The molecule has 1 fully saturated rings. The molecule has 18 heavy (non-hydrogen) atoms. The van der Waals surface area contributed by atoms with Gasteiger partial charge in [-0.25, -0.2) is 0 Å². The van der Waals surface area contributed by atoms with E-state index in [9.17, 15) is 4.79 Å². The number of carbonyl (C=O) groups is 1. The summed E-state index contributed by atoms with van der Waals surface area (Å²) in [5.74, 6) is 0.400. The minimum Gasteiger partial charge on any atom is -0.392 e. The topological polar surface area (TPSA) is 75.4 Å². The number of amides is 1. The van der Waals surface area contributed by atoms with Crippen LogP contribution in [0.15, 0.2) is 24.3 Å². The third kappa shape index (κ3) is 2.89. The van der Waals surface area contributed by atoms with E-state index in [4.69, 9.17) is 10.8 Å². The second kappa shape index (κ2) is 5.98. The Morgan fingerprint density at radius 2 is 2.28 bits per heavy atom. The molecule has 98 valence electrons. The summed E-state index contributed by atoms with van der Waals surface area (Å²) in [6.07, 6.45) is 3.05. The van der Waals surface area contributed by atoms with Crippen molar-refractivity contribution in [3.63, 3.8) is 0 Å². The number of aliphatic hydroxyl groups is 1. The van der Waals surface area contributed by atoms with Gasteiger partial charge in [0, 0.05) is 11.6 Å². The summed E-state index contributed by atoms with van der Waals surface area (Å²) in [5.41, 5.74) is 7.23. The van der Waals surface area contributed by atoms with Crippen molar-refractivity contribution < 1.29 is 9.90 Å². The molecule has 0 spiro atoms. The van der Waals surface area contributed by atoms with Gasteiger partial charge >= 0.3 is 0 Å². The molecule has 0 aliphatic heterocycles. The molecule has 0 saturated heterocycles. The van der Waals surface area contributed by atoms with Gasteiger partial charge in [-0.1, -0.05) is 18.6 Å². The molecule has 4 nitrogen and oxygen atoms in total. The second-order valence-electron chi connectivity index (χ2n) is 4.88. The molecule has 4 heteroatoms. The molecule has 4 N–H and O–H groups in total. The van der Waals surface area contributed by atoms with Crippen LogP contribution in [0, 0.1) is 11.8 Å². The maximum Gasteiger partial charge on any atom is 0.227 e. The van der Waals surface area contributed by atoms with E-state index in [1.807, 2.05) is 18.2 Å². The summed E-state index contributed by atoms with van der Waals surface area (Å²) in [4.78, 5) is 12.2. The normalized spacial score (nSPS) is 23.0. The largest absolute Gasteiger partial charge is 0.392 e. The van der Waals surface area contributed by atoms with Gasteiger partial charge in [-0.05, 0) is 43.0 Å². The van der Waals surface area contributed by atoms with Gasteiger partial charge in [0.2, 0.25) is 5.91 Å². The molecule has 1 amide bonds. The summed E-state index contributed by atoms with van der Waals surface area (Å²) in [6.45, 7) is 0.563. The number of hydrogen-bond acceptors (Lipinski definition) is 3. The van der Waals surface area contributed by atoms with Gasteiger partial charge in [0.1, 0.15) is 0 Å². The first-order valence-electron chi connectivity index (χ1n) is 6.45.